The first-order valence-electron chi connectivity index (χ1n) is 5.12. The molecule has 1 aliphatic rings. The van der Waals surface area contributed by atoms with E-state index in [0.29, 0.717) is 18.8 Å². The monoisotopic (exact) mass is 222 g/mol. The van der Waals surface area contributed by atoms with Gasteiger partial charge in [-0.05, 0) is 6.92 Å². The van der Waals surface area contributed by atoms with Crippen molar-refractivity contribution in [1.82, 2.24) is 9.97 Å². The van der Waals surface area contributed by atoms with Crippen molar-refractivity contribution in [2.24, 2.45) is 5.92 Å². The summed E-state index contributed by atoms with van der Waals surface area (Å²) in [5.74, 6) is 0.641. The van der Waals surface area contributed by atoms with Crippen molar-refractivity contribution in [2.45, 2.75) is 13.3 Å². The zero-order valence-electron chi connectivity index (χ0n) is 9.05. The van der Waals surface area contributed by atoms with E-state index in [1.165, 1.54) is 0 Å². The topological polar surface area (TPSA) is 92.3 Å². The van der Waals surface area contributed by atoms with E-state index in [9.17, 15) is 4.79 Å². The minimum atomic E-state index is -0.0310. The first-order valence-corrected chi connectivity index (χ1v) is 5.12. The third-order valence-corrected chi connectivity index (χ3v) is 2.60. The van der Waals surface area contributed by atoms with Crippen LogP contribution in [0.25, 0.3) is 0 Å². The van der Waals surface area contributed by atoms with Crippen molar-refractivity contribution in [3.05, 3.63) is 11.8 Å². The van der Waals surface area contributed by atoms with Crippen LogP contribution in [0.2, 0.25) is 0 Å². The Morgan fingerprint density at radius 1 is 1.62 bits per heavy atom. The number of carbonyl (C=O) groups is 1. The highest BCUT2D eigenvalue weighted by molar-refractivity contribution is 5.94. The molecule has 1 unspecified atom stereocenters. The van der Waals surface area contributed by atoms with Crippen LogP contribution in [0.5, 0.6) is 0 Å². The Bertz CT molecular complexity index is 401. The van der Waals surface area contributed by atoms with Crippen molar-refractivity contribution in [3.8, 4) is 0 Å². The van der Waals surface area contributed by atoms with Crippen LogP contribution in [-0.2, 0) is 4.79 Å². The number of anilines is 2. The van der Waals surface area contributed by atoms with E-state index in [-0.39, 0.29) is 24.4 Å². The maximum Gasteiger partial charge on any atom is 0.228 e. The number of hydrogen-bond donors (Lipinski definition) is 2. The summed E-state index contributed by atoms with van der Waals surface area (Å²) in [6, 6.07) is 1.72. The molecule has 0 spiro atoms. The molecule has 6 heteroatoms. The molecule has 2 rings (SSSR count). The molecule has 0 aromatic carbocycles. The third kappa shape index (κ3) is 1.96. The van der Waals surface area contributed by atoms with E-state index in [1.54, 1.807) is 17.9 Å². The van der Waals surface area contributed by atoms with E-state index in [1.807, 2.05) is 0 Å². The van der Waals surface area contributed by atoms with Gasteiger partial charge in [-0.2, -0.15) is 4.98 Å². The van der Waals surface area contributed by atoms with Crippen LogP contribution in [-0.4, -0.2) is 34.1 Å². The summed E-state index contributed by atoms with van der Waals surface area (Å²) >= 11 is 0. The highest BCUT2D eigenvalue weighted by Crippen LogP contribution is 2.23. The number of rotatable bonds is 2. The van der Waals surface area contributed by atoms with Gasteiger partial charge in [-0.3, -0.25) is 9.69 Å². The van der Waals surface area contributed by atoms with Gasteiger partial charge in [0.2, 0.25) is 11.9 Å². The molecule has 16 heavy (non-hydrogen) atoms. The molecule has 1 aromatic rings. The van der Waals surface area contributed by atoms with Crippen LogP contribution in [0.4, 0.5) is 11.8 Å². The van der Waals surface area contributed by atoms with Crippen molar-refractivity contribution < 1.29 is 9.90 Å². The zero-order chi connectivity index (χ0) is 11.7. The predicted octanol–water partition coefficient (Wildman–Crippen LogP) is -0.288. The zero-order valence-corrected chi connectivity index (χ0v) is 9.05. The Kier molecular flexibility index (Phi) is 2.74. The Morgan fingerprint density at radius 3 is 2.94 bits per heavy atom. The van der Waals surface area contributed by atoms with Gasteiger partial charge >= 0.3 is 0 Å². The molecular weight excluding hydrogens is 208 g/mol. The van der Waals surface area contributed by atoms with E-state index in [0.717, 1.165) is 5.69 Å². The van der Waals surface area contributed by atoms with Crippen molar-refractivity contribution in [2.75, 3.05) is 23.8 Å². The number of nitrogens with zero attached hydrogens (tertiary/aromatic N) is 3. The third-order valence-electron chi connectivity index (χ3n) is 2.60. The van der Waals surface area contributed by atoms with Gasteiger partial charge in [0.15, 0.2) is 0 Å². The lowest BCUT2D eigenvalue weighted by Gasteiger charge is -2.15. The molecule has 6 nitrogen and oxygen atoms in total. The van der Waals surface area contributed by atoms with E-state index < -0.39 is 0 Å². The van der Waals surface area contributed by atoms with Gasteiger partial charge in [-0.25, -0.2) is 4.98 Å². The number of aromatic nitrogens is 2. The number of aliphatic hydroxyl groups excluding tert-OH is 1. The quantitative estimate of drug-likeness (QED) is 0.717. The van der Waals surface area contributed by atoms with Gasteiger partial charge in [0, 0.05) is 37.3 Å². The molecule has 1 atom stereocenters. The Labute approximate surface area is 93.1 Å². The molecule has 86 valence electrons. The van der Waals surface area contributed by atoms with Gasteiger partial charge in [0.25, 0.3) is 0 Å². The molecule has 0 saturated carbocycles. The lowest BCUT2D eigenvalue weighted by atomic mass is 10.1. The molecule has 1 amide bonds. The average molecular weight is 222 g/mol. The molecule has 0 aliphatic carbocycles. The summed E-state index contributed by atoms with van der Waals surface area (Å²) in [5.41, 5.74) is 6.25. The second-order valence-electron chi connectivity index (χ2n) is 3.98. The summed E-state index contributed by atoms with van der Waals surface area (Å²) in [7, 11) is 0. The molecule has 3 N–H and O–H groups in total. The van der Waals surface area contributed by atoms with Crippen LogP contribution >= 0.6 is 0 Å². The fourth-order valence-electron chi connectivity index (χ4n) is 1.84. The summed E-state index contributed by atoms with van der Waals surface area (Å²) in [6.45, 7) is 2.30. The number of amides is 1. The normalized spacial score (nSPS) is 20.5. The molecule has 0 bridgehead atoms. The second kappa shape index (κ2) is 4.05. The van der Waals surface area contributed by atoms with Gasteiger partial charge in [0.1, 0.15) is 5.82 Å². The number of aryl methyl sites for hydroxylation is 1. The molecule has 1 fully saturated rings. The number of nitrogen functional groups attached to an aromatic ring is 1. The van der Waals surface area contributed by atoms with Crippen LogP contribution < -0.4 is 10.6 Å². The van der Waals surface area contributed by atoms with Crippen molar-refractivity contribution in [3.63, 3.8) is 0 Å². The maximum absolute atomic E-state index is 11.7. The molecule has 1 saturated heterocycles. The highest BCUT2D eigenvalue weighted by atomic mass is 16.3. The summed E-state index contributed by atoms with van der Waals surface area (Å²) in [4.78, 5) is 21.2. The van der Waals surface area contributed by atoms with Crippen LogP contribution in [0.15, 0.2) is 6.07 Å². The fraction of sp³-hybridized carbons (Fsp3) is 0.500. The van der Waals surface area contributed by atoms with Crippen molar-refractivity contribution in [1.29, 1.82) is 0 Å². The van der Waals surface area contributed by atoms with Crippen LogP contribution in [0.1, 0.15) is 12.1 Å². The van der Waals surface area contributed by atoms with Gasteiger partial charge in [-0.15, -0.1) is 0 Å². The molecule has 1 aliphatic heterocycles. The summed E-state index contributed by atoms with van der Waals surface area (Å²) in [6.07, 6.45) is 0.361. The predicted molar refractivity (Wildman–Crippen MR) is 58.7 cm³/mol. The SMILES string of the molecule is Cc1cc(N2CC(CO)CC2=O)nc(N)n1. The molecule has 2 heterocycles. The van der Waals surface area contributed by atoms with Gasteiger partial charge in [-0.1, -0.05) is 0 Å². The Balaban J connectivity index is 2.27. The minimum absolute atomic E-state index is 0.0102. The molecule has 0 radical (unpaired) electrons. The van der Waals surface area contributed by atoms with Gasteiger partial charge < -0.3 is 10.8 Å². The standard InChI is InChI=1S/C10H14N4O2/c1-6-2-8(13-10(11)12-6)14-4-7(5-15)3-9(14)16/h2,7,15H,3-5H2,1H3,(H2,11,12,13). The lowest BCUT2D eigenvalue weighted by Crippen LogP contribution is -2.26. The van der Waals surface area contributed by atoms with E-state index >= 15 is 0 Å². The number of hydrogen-bond acceptors (Lipinski definition) is 5. The first kappa shape index (κ1) is 10.8. The van der Waals surface area contributed by atoms with Crippen LogP contribution in [0.3, 0.4) is 0 Å². The smallest absolute Gasteiger partial charge is 0.228 e. The maximum atomic E-state index is 11.7. The summed E-state index contributed by atoms with van der Waals surface area (Å²) < 4.78 is 0. The highest BCUT2D eigenvalue weighted by Gasteiger charge is 2.31. The van der Waals surface area contributed by atoms with Crippen LogP contribution in [0, 0.1) is 12.8 Å². The number of aliphatic hydroxyl groups is 1. The minimum Gasteiger partial charge on any atom is -0.396 e. The fourth-order valence-corrected chi connectivity index (χ4v) is 1.84. The Hall–Kier alpha value is -1.69. The lowest BCUT2D eigenvalue weighted by molar-refractivity contribution is -0.117. The van der Waals surface area contributed by atoms with Crippen molar-refractivity contribution >= 4 is 17.7 Å². The molecule has 1 aromatic heterocycles. The average Bonchev–Trinajstić information content (AvgIpc) is 2.58. The van der Waals surface area contributed by atoms with E-state index in [2.05, 4.69) is 9.97 Å². The van der Waals surface area contributed by atoms with Gasteiger partial charge in [0.05, 0.1) is 0 Å². The second-order valence-corrected chi connectivity index (χ2v) is 3.98. The number of carbonyl (C=O) groups excluding carboxylic acids is 1. The summed E-state index contributed by atoms with van der Waals surface area (Å²) in [5, 5.41) is 9.02. The number of nitrogens with two attached hydrogens (primary N) is 1. The largest absolute Gasteiger partial charge is 0.396 e. The molecular formula is C10H14N4O2. The van der Waals surface area contributed by atoms with E-state index in [4.69, 9.17) is 10.8 Å². The first-order chi connectivity index (χ1) is 7.60. The Morgan fingerprint density at radius 2 is 2.38 bits per heavy atom.